The van der Waals surface area contributed by atoms with E-state index in [2.05, 4.69) is 34.3 Å². The van der Waals surface area contributed by atoms with Gasteiger partial charge in [-0.2, -0.15) is 15.1 Å². The van der Waals surface area contributed by atoms with E-state index in [-0.39, 0.29) is 52.7 Å². The number of ether oxygens (including phenoxy) is 4. The second-order valence-electron chi connectivity index (χ2n) is 16.8. The summed E-state index contributed by atoms with van der Waals surface area (Å²) in [4.78, 5) is 30.8. The minimum Gasteiger partial charge on any atom is -0.480 e. The number of likely N-dealkylation sites (tertiary alicyclic amines) is 1. The number of aromatic amines is 1. The van der Waals surface area contributed by atoms with Crippen molar-refractivity contribution in [2.75, 3.05) is 58.0 Å². The molecule has 1 unspecified atom stereocenters. The number of hydrogen-bond acceptors (Lipinski definition) is 11. The van der Waals surface area contributed by atoms with Gasteiger partial charge in [0.15, 0.2) is 5.82 Å². The SMILES string of the molecule is COc1nc(-c2c(Cl)c(C)cc3[nH]ncc23)c(F)c2nc(OC[C@]34CCC[C@H]3N(C3C[C@@H](C)O[C@@H](C)C3)CCC4)nc(N3CCOC[C@](C)(CNC(=O)O)C3)c12. The van der Waals surface area contributed by atoms with Crippen LogP contribution in [0.15, 0.2) is 12.3 Å². The highest BCUT2D eigenvalue weighted by Gasteiger charge is 2.51. The first-order valence-electron chi connectivity index (χ1n) is 19.8. The number of amides is 1. The van der Waals surface area contributed by atoms with Crippen LogP contribution in [0.4, 0.5) is 15.0 Å². The summed E-state index contributed by atoms with van der Waals surface area (Å²) in [6.45, 7) is 11.1. The predicted octanol–water partition coefficient (Wildman–Crippen LogP) is 6.76. The molecule has 3 N–H and O–H groups in total. The lowest BCUT2D eigenvalue weighted by atomic mass is 9.74. The van der Waals surface area contributed by atoms with Crippen LogP contribution in [0.2, 0.25) is 5.02 Å². The molecule has 0 bridgehead atoms. The van der Waals surface area contributed by atoms with Crippen LogP contribution in [0.1, 0.15) is 71.3 Å². The number of carboxylic acid groups (broad SMARTS) is 1. The Morgan fingerprint density at radius 2 is 1.96 bits per heavy atom. The van der Waals surface area contributed by atoms with Gasteiger partial charge in [-0.25, -0.2) is 14.2 Å². The highest BCUT2D eigenvalue weighted by molar-refractivity contribution is 6.35. The maximum Gasteiger partial charge on any atom is 0.404 e. The fourth-order valence-corrected chi connectivity index (χ4v) is 10.3. The van der Waals surface area contributed by atoms with Gasteiger partial charge in [0.2, 0.25) is 5.88 Å². The van der Waals surface area contributed by atoms with Crippen molar-refractivity contribution in [3.8, 4) is 23.1 Å². The van der Waals surface area contributed by atoms with E-state index in [0.717, 1.165) is 57.1 Å². The van der Waals surface area contributed by atoms with E-state index in [1.54, 1.807) is 6.20 Å². The Morgan fingerprint density at radius 1 is 1.18 bits per heavy atom. The van der Waals surface area contributed by atoms with Gasteiger partial charge in [-0.05, 0) is 77.5 Å². The summed E-state index contributed by atoms with van der Waals surface area (Å²) in [5.74, 6) is -0.222. The van der Waals surface area contributed by atoms with Crippen LogP contribution >= 0.6 is 11.6 Å². The van der Waals surface area contributed by atoms with Crippen molar-refractivity contribution in [3.05, 3.63) is 28.7 Å². The topological polar surface area (TPSA) is 160 Å². The summed E-state index contributed by atoms with van der Waals surface area (Å²) < 4.78 is 42.2. The number of H-pyrrole nitrogens is 1. The summed E-state index contributed by atoms with van der Waals surface area (Å²) in [6, 6.07) is 2.73. The third-order valence-corrected chi connectivity index (χ3v) is 13.0. The van der Waals surface area contributed by atoms with Crippen molar-refractivity contribution >= 4 is 45.3 Å². The number of aryl methyl sites for hydroxylation is 1. The summed E-state index contributed by atoms with van der Waals surface area (Å²) in [5.41, 5.74) is 0.990. The quantitative estimate of drug-likeness (QED) is 0.164. The normalized spacial score (nSPS) is 28.7. The molecular weight excluding hydrogens is 743 g/mol. The second-order valence-corrected chi connectivity index (χ2v) is 17.2. The predicted molar refractivity (Wildman–Crippen MR) is 210 cm³/mol. The number of methoxy groups -OCH3 is 1. The molecule has 8 rings (SSSR count). The van der Waals surface area contributed by atoms with E-state index >= 15 is 4.39 Å². The molecule has 1 aliphatic carbocycles. The third kappa shape index (κ3) is 7.20. The van der Waals surface area contributed by atoms with E-state index in [9.17, 15) is 9.90 Å². The fourth-order valence-electron chi connectivity index (χ4n) is 10.0. The van der Waals surface area contributed by atoms with Crippen LogP contribution in [-0.2, 0) is 9.47 Å². The number of nitrogens with one attached hydrogen (secondary N) is 2. The largest absolute Gasteiger partial charge is 0.480 e. The first-order chi connectivity index (χ1) is 26.9. The smallest absolute Gasteiger partial charge is 0.404 e. The molecule has 3 saturated heterocycles. The summed E-state index contributed by atoms with van der Waals surface area (Å²) in [6.07, 6.45) is 8.30. The van der Waals surface area contributed by atoms with Crippen LogP contribution in [0, 0.1) is 23.6 Å². The van der Waals surface area contributed by atoms with E-state index in [1.165, 1.54) is 7.11 Å². The fraction of sp³-hybridized carbons (Fsp3) is 0.625. The number of carbonyl (C=O) groups is 1. The zero-order chi connectivity index (χ0) is 39.4. The number of rotatable bonds is 9. The first kappa shape index (κ1) is 38.8. The highest BCUT2D eigenvalue weighted by Crippen LogP contribution is 2.50. The average Bonchev–Trinajstić information content (AvgIpc) is 3.77. The van der Waals surface area contributed by atoms with Gasteiger partial charge in [0, 0.05) is 53.5 Å². The lowest BCUT2D eigenvalue weighted by Crippen LogP contribution is -2.57. The number of benzene rings is 1. The third-order valence-electron chi connectivity index (χ3n) is 12.5. The number of anilines is 1. The molecule has 1 aromatic carbocycles. The Hall–Kier alpha value is -4.05. The molecule has 16 heteroatoms. The molecule has 3 aromatic heterocycles. The van der Waals surface area contributed by atoms with Crippen molar-refractivity contribution < 1.29 is 33.2 Å². The zero-order valence-corrected chi connectivity index (χ0v) is 33.5. The van der Waals surface area contributed by atoms with E-state index < -0.39 is 17.3 Å². The van der Waals surface area contributed by atoms with Crippen LogP contribution in [0.5, 0.6) is 11.9 Å². The number of nitrogens with zero attached hydrogens (tertiary/aromatic N) is 6. The Labute approximate surface area is 330 Å². The monoisotopic (exact) mass is 794 g/mol. The number of piperidine rings is 1. The van der Waals surface area contributed by atoms with Crippen molar-refractivity contribution in [2.24, 2.45) is 10.8 Å². The van der Waals surface area contributed by atoms with Gasteiger partial charge in [-0.3, -0.25) is 10.00 Å². The van der Waals surface area contributed by atoms with Gasteiger partial charge >= 0.3 is 12.1 Å². The molecule has 0 radical (unpaired) electrons. The van der Waals surface area contributed by atoms with E-state index in [0.29, 0.717) is 72.3 Å². The van der Waals surface area contributed by atoms with Crippen molar-refractivity contribution in [3.63, 3.8) is 0 Å². The molecule has 14 nitrogen and oxygen atoms in total. The van der Waals surface area contributed by atoms with Crippen molar-refractivity contribution in [1.29, 1.82) is 0 Å². The van der Waals surface area contributed by atoms with Gasteiger partial charge in [-0.1, -0.05) is 24.9 Å². The molecule has 6 heterocycles. The Morgan fingerprint density at radius 3 is 2.73 bits per heavy atom. The summed E-state index contributed by atoms with van der Waals surface area (Å²) >= 11 is 6.91. The van der Waals surface area contributed by atoms with Crippen LogP contribution in [-0.4, -0.2) is 119 Å². The van der Waals surface area contributed by atoms with Gasteiger partial charge < -0.3 is 34.3 Å². The lowest BCUT2D eigenvalue weighted by Gasteiger charge is -2.51. The number of hydrogen-bond donors (Lipinski definition) is 3. The molecule has 1 saturated carbocycles. The van der Waals surface area contributed by atoms with Gasteiger partial charge in [0.25, 0.3) is 0 Å². The maximum atomic E-state index is 17.4. The van der Waals surface area contributed by atoms with Crippen molar-refractivity contribution in [2.45, 2.75) is 96.9 Å². The van der Waals surface area contributed by atoms with E-state index in [1.807, 2.05) is 24.8 Å². The summed E-state index contributed by atoms with van der Waals surface area (Å²) in [5, 5.41) is 20.3. The second kappa shape index (κ2) is 15.4. The minimum atomic E-state index is -1.13. The number of fused-ring (bicyclic) bond motifs is 3. The minimum absolute atomic E-state index is 0.0208. The molecule has 1 amide bonds. The van der Waals surface area contributed by atoms with Gasteiger partial charge in [-0.15, -0.1) is 0 Å². The Kier molecular flexibility index (Phi) is 10.6. The van der Waals surface area contributed by atoms with Crippen LogP contribution < -0.4 is 19.7 Å². The molecule has 0 spiro atoms. The van der Waals surface area contributed by atoms with Crippen LogP contribution in [0.25, 0.3) is 33.1 Å². The first-order valence-corrected chi connectivity index (χ1v) is 20.2. The molecule has 6 atom stereocenters. The highest BCUT2D eigenvalue weighted by atomic mass is 35.5. The summed E-state index contributed by atoms with van der Waals surface area (Å²) in [7, 11) is 1.48. The molecule has 302 valence electrons. The molecule has 4 fully saturated rings. The number of pyridine rings is 1. The molecule has 4 aliphatic rings. The van der Waals surface area contributed by atoms with Gasteiger partial charge in [0.05, 0.1) is 55.9 Å². The zero-order valence-electron chi connectivity index (χ0n) is 32.8. The Balaban J connectivity index is 1.23. The average molecular weight is 795 g/mol. The van der Waals surface area contributed by atoms with E-state index in [4.69, 9.17) is 45.5 Å². The Bertz CT molecular complexity index is 2110. The lowest BCUT2D eigenvalue weighted by molar-refractivity contribution is -0.0967. The number of aromatic nitrogens is 5. The molecule has 56 heavy (non-hydrogen) atoms. The van der Waals surface area contributed by atoms with Gasteiger partial charge in [0.1, 0.15) is 22.4 Å². The molecule has 4 aromatic rings. The van der Waals surface area contributed by atoms with Crippen molar-refractivity contribution in [1.82, 2.24) is 35.4 Å². The molecule has 3 aliphatic heterocycles. The maximum absolute atomic E-state index is 17.4. The van der Waals surface area contributed by atoms with Crippen LogP contribution in [0.3, 0.4) is 0 Å². The number of halogens is 2. The molecular formula is C40H52ClFN8O6. The standard InChI is InChI=1S/C40H52ClFN8O6/c1-22-14-27-26(17-44-48-27)29(31(22)41)33-32(42)34-30(36(45-33)53-5)35(49-12-13-54-20-39(4,19-49)18-43-38(51)52)47-37(46-34)55-21-40-9-6-8-28(40)50(11-7-10-40)25-15-23(2)56-24(3)16-25/h14,17,23-25,28,43H,6-13,15-16,18-21H2,1-5H3,(H,44,48)(H,51,52)/t23-,24+,25?,28-,39-,40-/m1/s1.